The summed E-state index contributed by atoms with van der Waals surface area (Å²) < 4.78 is 0. The van der Waals surface area contributed by atoms with Gasteiger partial charge in [0.25, 0.3) is 0 Å². The number of hydrogen-bond donors (Lipinski definition) is 2. The summed E-state index contributed by atoms with van der Waals surface area (Å²) in [6.07, 6.45) is 8.37. The normalized spacial score (nSPS) is 53.3. The van der Waals surface area contributed by atoms with E-state index in [-0.39, 0.29) is 6.17 Å². The molecule has 0 spiro atoms. The Morgan fingerprint density at radius 1 is 0.846 bits per heavy atom. The van der Waals surface area contributed by atoms with E-state index in [0.29, 0.717) is 5.41 Å². The van der Waals surface area contributed by atoms with E-state index in [1.807, 2.05) is 0 Å². The average Bonchev–Trinajstić information content (AvgIpc) is 2.00. The molecule has 4 bridgehead atoms. The van der Waals surface area contributed by atoms with Crippen LogP contribution in [0.2, 0.25) is 0 Å². The van der Waals surface area contributed by atoms with Gasteiger partial charge < -0.3 is 11.5 Å². The molecule has 4 fully saturated rings. The number of nitrogens with two attached hydrogens (primary N) is 2. The lowest BCUT2D eigenvalue weighted by Gasteiger charge is -2.58. The van der Waals surface area contributed by atoms with E-state index < -0.39 is 0 Å². The Morgan fingerprint density at radius 3 is 1.54 bits per heavy atom. The second-order valence-electron chi connectivity index (χ2n) is 5.81. The summed E-state index contributed by atoms with van der Waals surface area (Å²) in [5, 5.41) is 0. The second kappa shape index (κ2) is 2.48. The maximum absolute atomic E-state index is 5.97. The molecule has 0 unspecified atom stereocenters. The molecule has 2 heteroatoms. The molecule has 4 aliphatic rings. The van der Waals surface area contributed by atoms with Gasteiger partial charge in [-0.3, -0.25) is 0 Å². The van der Waals surface area contributed by atoms with Gasteiger partial charge in [0.15, 0.2) is 0 Å². The maximum Gasteiger partial charge on any atom is 0.0579 e. The van der Waals surface area contributed by atoms with Gasteiger partial charge in [0, 0.05) is 0 Å². The molecule has 74 valence electrons. The van der Waals surface area contributed by atoms with Crippen LogP contribution in [0.3, 0.4) is 0 Å². The summed E-state index contributed by atoms with van der Waals surface area (Å²) in [4.78, 5) is 0. The highest BCUT2D eigenvalue weighted by Gasteiger charge is 2.52. The van der Waals surface area contributed by atoms with Crippen molar-refractivity contribution in [3.05, 3.63) is 0 Å². The maximum atomic E-state index is 5.97. The summed E-state index contributed by atoms with van der Waals surface area (Å²) in [6, 6.07) is 0. The van der Waals surface area contributed by atoms with E-state index in [9.17, 15) is 0 Å². The Morgan fingerprint density at radius 2 is 1.23 bits per heavy atom. The van der Waals surface area contributed by atoms with Crippen LogP contribution < -0.4 is 11.5 Å². The Kier molecular flexibility index (Phi) is 1.58. The van der Waals surface area contributed by atoms with Gasteiger partial charge in [-0.2, -0.15) is 0 Å². The minimum absolute atomic E-state index is 0.0547. The fraction of sp³-hybridized carbons (Fsp3) is 1.00. The van der Waals surface area contributed by atoms with Gasteiger partial charge in [0.2, 0.25) is 0 Å². The molecule has 13 heavy (non-hydrogen) atoms. The van der Waals surface area contributed by atoms with Crippen LogP contribution in [-0.4, -0.2) is 6.17 Å². The van der Waals surface area contributed by atoms with E-state index in [0.717, 1.165) is 17.8 Å². The zero-order chi connectivity index (χ0) is 9.05. The quantitative estimate of drug-likeness (QED) is 0.600. The van der Waals surface area contributed by atoms with Crippen LogP contribution in [0.15, 0.2) is 0 Å². The van der Waals surface area contributed by atoms with Gasteiger partial charge in [0.1, 0.15) is 0 Å². The first kappa shape index (κ1) is 8.25. The Hall–Kier alpha value is -0.0800. The van der Waals surface area contributed by atoms with Crippen LogP contribution in [0, 0.1) is 23.2 Å². The predicted molar refractivity (Wildman–Crippen MR) is 52.8 cm³/mol. The molecular formula is C11H20N2. The van der Waals surface area contributed by atoms with Crippen LogP contribution in [0.4, 0.5) is 0 Å². The third kappa shape index (κ3) is 1.08. The summed E-state index contributed by atoms with van der Waals surface area (Å²) in [5.74, 6) is 2.92. The molecule has 4 rings (SSSR count). The monoisotopic (exact) mass is 180 g/mol. The molecule has 4 N–H and O–H groups in total. The molecule has 0 saturated heterocycles. The first-order valence-electron chi connectivity index (χ1n) is 5.69. The van der Waals surface area contributed by atoms with Crippen molar-refractivity contribution in [3.8, 4) is 0 Å². The third-order valence-corrected chi connectivity index (χ3v) is 4.79. The van der Waals surface area contributed by atoms with Crippen LogP contribution in [-0.2, 0) is 0 Å². The minimum atomic E-state index is -0.0547. The van der Waals surface area contributed by atoms with E-state index >= 15 is 0 Å². The summed E-state index contributed by atoms with van der Waals surface area (Å²) >= 11 is 0. The van der Waals surface area contributed by atoms with Gasteiger partial charge in [0.05, 0.1) is 6.17 Å². The Balaban J connectivity index is 1.91. The van der Waals surface area contributed by atoms with Gasteiger partial charge in [-0.1, -0.05) is 0 Å². The lowest BCUT2D eigenvalue weighted by atomic mass is 9.49. The van der Waals surface area contributed by atoms with Crippen molar-refractivity contribution in [2.45, 2.75) is 44.7 Å². The summed E-state index contributed by atoms with van der Waals surface area (Å²) in [6.45, 7) is 0. The molecular weight excluding hydrogens is 160 g/mol. The molecule has 0 radical (unpaired) electrons. The number of hydrogen-bond acceptors (Lipinski definition) is 2. The van der Waals surface area contributed by atoms with E-state index in [1.54, 1.807) is 0 Å². The highest BCUT2D eigenvalue weighted by molar-refractivity contribution is 5.03. The molecule has 2 nitrogen and oxygen atoms in total. The fourth-order valence-corrected chi connectivity index (χ4v) is 4.59. The second-order valence-corrected chi connectivity index (χ2v) is 5.81. The molecule has 0 heterocycles. The van der Waals surface area contributed by atoms with E-state index in [4.69, 9.17) is 11.5 Å². The van der Waals surface area contributed by atoms with E-state index in [1.165, 1.54) is 38.5 Å². The highest BCUT2D eigenvalue weighted by atomic mass is 14.9. The van der Waals surface area contributed by atoms with Crippen molar-refractivity contribution in [2.75, 3.05) is 0 Å². The predicted octanol–water partition coefficient (Wildman–Crippen LogP) is 1.45. The molecule has 4 saturated carbocycles. The SMILES string of the molecule is NC(N)C12CC3CC(CC(C3)C1)C2. The summed E-state index contributed by atoms with van der Waals surface area (Å²) in [7, 11) is 0. The number of rotatable bonds is 1. The van der Waals surface area contributed by atoms with E-state index in [2.05, 4.69) is 0 Å². The molecule has 0 aliphatic heterocycles. The van der Waals surface area contributed by atoms with Crippen molar-refractivity contribution in [1.29, 1.82) is 0 Å². The standard InChI is InChI=1S/C11H20N2/c12-10(13)11-4-7-1-8(5-11)3-9(2-7)6-11/h7-10H,1-6,12-13H2. The Labute approximate surface area is 80.1 Å². The first-order valence-corrected chi connectivity index (χ1v) is 5.69. The highest BCUT2D eigenvalue weighted by Crippen LogP contribution is 2.60. The Bertz CT molecular complexity index is 187. The average molecular weight is 180 g/mol. The topological polar surface area (TPSA) is 52.0 Å². The van der Waals surface area contributed by atoms with Crippen molar-refractivity contribution in [3.63, 3.8) is 0 Å². The minimum Gasteiger partial charge on any atom is -0.316 e. The summed E-state index contributed by atoms with van der Waals surface area (Å²) in [5.41, 5.74) is 12.3. The lowest BCUT2D eigenvalue weighted by Crippen LogP contribution is -2.57. The van der Waals surface area contributed by atoms with Crippen LogP contribution in [0.5, 0.6) is 0 Å². The van der Waals surface area contributed by atoms with Crippen LogP contribution in [0.1, 0.15) is 38.5 Å². The molecule has 0 aromatic rings. The largest absolute Gasteiger partial charge is 0.316 e. The molecule has 0 atom stereocenters. The first-order chi connectivity index (χ1) is 6.18. The zero-order valence-corrected chi connectivity index (χ0v) is 8.21. The van der Waals surface area contributed by atoms with Crippen LogP contribution in [0.25, 0.3) is 0 Å². The fourth-order valence-electron chi connectivity index (χ4n) is 4.59. The van der Waals surface area contributed by atoms with Crippen molar-refractivity contribution < 1.29 is 0 Å². The molecule has 0 amide bonds. The van der Waals surface area contributed by atoms with Gasteiger partial charge in [-0.05, 0) is 61.7 Å². The molecule has 0 aromatic carbocycles. The lowest BCUT2D eigenvalue weighted by molar-refractivity contribution is -0.0658. The molecule has 0 aromatic heterocycles. The zero-order valence-electron chi connectivity index (χ0n) is 8.21. The van der Waals surface area contributed by atoms with Crippen molar-refractivity contribution >= 4 is 0 Å². The van der Waals surface area contributed by atoms with Gasteiger partial charge >= 0.3 is 0 Å². The molecule has 4 aliphatic carbocycles. The van der Waals surface area contributed by atoms with Gasteiger partial charge in [-0.25, -0.2) is 0 Å². The van der Waals surface area contributed by atoms with Crippen molar-refractivity contribution in [2.24, 2.45) is 34.6 Å². The van der Waals surface area contributed by atoms with Crippen LogP contribution >= 0.6 is 0 Å². The van der Waals surface area contributed by atoms with Crippen molar-refractivity contribution in [1.82, 2.24) is 0 Å². The van der Waals surface area contributed by atoms with Gasteiger partial charge in [-0.15, -0.1) is 0 Å². The third-order valence-electron chi connectivity index (χ3n) is 4.79. The smallest absolute Gasteiger partial charge is 0.0579 e.